The molecule has 2 atom stereocenters. The molecule has 2 fully saturated rings. The molecule has 4 nitrogen and oxygen atoms in total. The third-order valence-corrected chi connectivity index (χ3v) is 3.57. The zero-order valence-corrected chi connectivity index (χ0v) is 8.78. The highest BCUT2D eigenvalue weighted by molar-refractivity contribution is 5.82. The van der Waals surface area contributed by atoms with Crippen molar-refractivity contribution in [1.82, 2.24) is 4.90 Å². The second-order valence-electron chi connectivity index (χ2n) is 4.02. The smallest absolute Gasteiger partial charge is 0.329 e. The van der Waals surface area contributed by atoms with Gasteiger partial charge in [-0.3, -0.25) is 4.90 Å². The molecule has 0 unspecified atom stereocenters. The number of fused-ring (bicyclic) bond motifs is 1. The molecule has 14 heavy (non-hydrogen) atoms. The first-order valence-corrected chi connectivity index (χ1v) is 5.12. The molecule has 4 heteroatoms. The van der Waals surface area contributed by atoms with Crippen LogP contribution in [0.2, 0.25) is 0 Å². The molecule has 0 bridgehead atoms. The summed E-state index contributed by atoms with van der Waals surface area (Å²) in [5, 5.41) is 0. The van der Waals surface area contributed by atoms with E-state index in [1.165, 1.54) is 7.11 Å². The fourth-order valence-electron chi connectivity index (χ4n) is 2.94. The zero-order valence-electron chi connectivity index (χ0n) is 8.78. The van der Waals surface area contributed by atoms with Crippen molar-refractivity contribution in [2.24, 2.45) is 0 Å². The SMILES string of the molecule is COC(=O)[C@]12CCCN1CC[C@H]2OC. The van der Waals surface area contributed by atoms with Gasteiger partial charge < -0.3 is 9.47 Å². The summed E-state index contributed by atoms with van der Waals surface area (Å²) in [5.74, 6) is -0.126. The van der Waals surface area contributed by atoms with Gasteiger partial charge in [0.25, 0.3) is 0 Å². The molecule has 0 saturated carbocycles. The van der Waals surface area contributed by atoms with Crippen LogP contribution in [-0.2, 0) is 14.3 Å². The summed E-state index contributed by atoms with van der Waals surface area (Å²) in [7, 11) is 3.13. The Labute approximate surface area is 84.2 Å². The molecule has 0 spiro atoms. The summed E-state index contributed by atoms with van der Waals surface area (Å²) < 4.78 is 10.3. The summed E-state index contributed by atoms with van der Waals surface area (Å²) in [6.07, 6.45) is 2.89. The average molecular weight is 199 g/mol. The van der Waals surface area contributed by atoms with Crippen molar-refractivity contribution >= 4 is 5.97 Å². The van der Waals surface area contributed by atoms with Crippen molar-refractivity contribution in [3.63, 3.8) is 0 Å². The Morgan fingerprint density at radius 2 is 2.21 bits per heavy atom. The summed E-state index contributed by atoms with van der Waals surface area (Å²) in [4.78, 5) is 14.1. The molecule has 0 aromatic rings. The van der Waals surface area contributed by atoms with Crippen molar-refractivity contribution in [3.05, 3.63) is 0 Å². The summed E-state index contributed by atoms with van der Waals surface area (Å²) in [6, 6.07) is 0. The van der Waals surface area contributed by atoms with Gasteiger partial charge in [-0.25, -0.2) is 4.79 Å². The van der Waals surface area contributed by atoms with Crippen molar-refractivity contribution in [2.45, 2.75) is 30.9 Å². The standard InChI is InChI=1S/C10H17NO3/c1-13-8-4-7-11-6-3-5-10(8,11)9(12)14-2/h8H,3-7H2,1-2H3/t8-,10-/m1/s1. The molecule has 80 valence electrons. The molecule has 2 aliphatic heterocycles. The van der Waals surface area contributed by atoms with E-state index in [0.717, 1.165) is 32.4 Å². The fraction of sp³-hybridized carbons (Fsp3) is 0.900. The quantitative estimate of drug-likeness (QED) is 0.604. The van der Waals surface area contributed by atoms with Gasteiger partial charge >= 0.3 is 5.97 Å². The Bertz CT molecular complexity index is 244. The highest BCUT2D eigenvalue weighted by Crippen LogP contribution is 2.41. The van der Waals surface area contributed by atoms with Gasteiger partial charge in [-0.2, -0.15) is 0 Å². The summed E-state index contributed by atoms with van der Waals surface area (Å²) in [6.45, 7) is 1.95. The van der Waals surface area contributed by atoms with Crippen LogP contribution >= 0.6 is 0 Å². The lowest BCUT2D eigenvalue weighted by Crippen LogP contribution is -2.53. The molecule has 2 heterocycles. The van der Waals surface area contributed by atoms with Crippen LogP contribution in [0.4, 0.5) is 0 Å². The number of hydrogen-bond donors (Lipinski definition) is 0. The Kier molecular flexibility index (Phi) is 2.49. The van der Waals surface area contributed by atoms with E-state index in [9.17, 15) is 4.79 Å². The van der Waals surface area contributed by atoms with Crippen LogP contribution in [0.3, 0.4) is 0 Å². The number of rotatable bonds is 2. The number of nitrogens with zero attached hydrogens (tertiary/aromatic N) is 1. The second-order valence-corrected chi connectivity index (χ2v) is 4.02. The maximum absolute atomic E-state index is 11.8. The van der Waals surface area contributed by atoms with Gasteiger partial charge in [-0.1, -0.05) is 0 Å². The van der Waals surface area contributed by atoms with E-state index in [-0.39, 0.29) is 12.1 Å². The Hall–Kier alpha value is -0.610. The number of hydrogen-bond acceptors (Lipinski definition) is 4. The molecule has 0 aliphatic carbocycles. The van der Waals surface area contributed by atoms with Gasteiger partial charge in [0.2, 0.25) is 0 Å². The minimum absolute atomic E-state index is 0.0115. The topological polar surface area (TPSA) is 38.8 Å². The largest absolute Gasteiger partial charge is 0.468 e. The van der Waals surface area contributed by atoms with Gasteiger partial charge in [0.05, 0.1) is 13.2 Å². The van der Waals surface area contributed by atoms with E-state index in [1.54, 1.807) is 7.11 Å². The molecule has 0 aromatic heterocycles. The molecule has 0 N–H and O–H groups in total. The van der Waals surface area contributed by atoms with E-state index in [0.29, 0.717) is 0 Å². The second kappa shape index (κ2) is 3.51. The van der Waals surface area contributed by atoms with Crippen LogP contribution < -0.4 is 0 Å². The van der Waals surface area contributed by atoms with E-state index in [1.807, 2.05) is 0 Å². The fourth-order valence-corrected chi connectivity index (χ4v) is 2.94. The first-order chi connectivity index (χ1) is 6.75. The van der Waals surface area contributed by atoms with E-state index in [2.05, 4.69) is 4.90 Å². The molecular weight excluding hydrogens is 182 g/mol. The molecule has 0 amide bonds. The van der Waals surface area contributed by atoms with Crippen LogP contribution in [0, 0.1) is 0 Å². The average Bonchev–Trinajstić information content (AvgIpc) is 2.74. The Balaban J connectivity index is 2.29. The van der Waals surface area contributed by atoms with E-state index in [4.69, 9.17) is 9.47 Å². The molecule has 0 aromatic carbocycles. The third kappa shape index (κ3) is 1.10. The normalized spacial score (nSPS) is 37.1. The number of carbonyl (C=O) groups is 1. The van der Waals surface area contributed by atoms with Crippen LogP contribution in [0.25, 0.3) is 0 Å². The minimum atomic E-state index is -0.469. The van der Waals surface area contributed by atoms with Gasteiger partial charge in [0, 0.05) is 13.7 Å². The van der Waals surface area contributed by atoms with E-state index >= 15 is 0 Å². The predicted molar refractivity (Wildman–Crippen MR) is 51.0 cm³/mol. The molecule has 2 rings (SSSR count). The lowest BCUT2D eigenvalue weighted by molar-refractivity contribution is -0.157. The number of methoxy groups -OCH3 is 2. The Morgan fingerprint density at radius 1 is 1.43 bits per heavy atom. The first-order valence-electron chi connectivity index (χ1n) is 5.12. The lowest BCUT2D eigenvalue weighted by Gasteiger charge is -2.33. The highest BCUT2D eigenvalue weighted by Gasteiger charge is 2.57. The maximum atomic E-state index is 11.8. The highest BCUT2D eigenvalue weighted by atomic mass is 16.5. The van der Waals surface area contributed by atoms with Gasteiger partial charge in [-0.05, 0) is 25.8 Å². The van der Waals surface area contributed by atoms with Crippen LogP contribution in [0.5, 0.6) is 0 Å². The van der Waals surface area contributed by atoms with Crippen LogP contribution in [0.1, 0.15) is 19.3 Å². The number of carbonyl (C=O) groups excluding carboxylic acids is 1. The van der Waals surface area contributed by atoms with Crippen LogP contribution in [0.15, 0.2) is 0 Å². The molecule has 0 radical (unpaired) electrons. The Morgan fingerprint density at radius 3 is 2.86 bits per heavy atom. The van der Waals surface area contributed by atoms with Crippen molar-refractivity contribution in [3.8, 4) is 0 Å². The first kappa shape index (κ1) is 9.93. The molecular formula is C10H17NO3. The molecule has 2 aliphatic rings. The van der Waals surface area contributed by atoms with Gasteiger partial charge in [-0.15, -0.1) is 0 Å². The van der Waals surface area contributed by atoms with Crippen molar-refractivity contribution < 1.29 is 14.3 Å². The lowest BCUT2D eigenvalue weighted by atomic mass is 9.91. The van der Waals surface area contributed by atoms with Crippen molar-refractivity contribution in [2.75, 3.05) is 27.3 Å². The minimum Gasteiger partial charge on any atom is -0.468 e. The van der Waals surface area contributed by atoms with Crippen LogP contribution in [-0.4, -0.2) is 49.8 Å². The van der Waals surface area contributed by atoms with Gasteiger partial charge in [0.1, 0.15) is 5.54 Å². The predicted octanol–water partition coefficient (Wildman–Crippen LogP) is 0.413. The van der Waals surface area contributed by atoms with E-state index < -0.39 is 5.54 Å². The van der Waals surface area contributed by atoms with Gasteiger partial charge in [0.15, 0.2) is 0 Å². The summed E-state index contributed by atoms with van der Waals surface area (Å²) in [5.41, 5.74) is -0.469. The monoisotopic (exact) mass is 199 g/mol. The number of ether oxygens (including phenoxy) is 2. The zero-order chi connectivity index (χ0) is 10.2. The number of esters is 1. The third-order valence-electron chi connectivity index (χ3n) is 3.57. The molecule has 2 saturated heterocycles. The summed E-state index contributed by atoms with van der Waals surface area (Å²) >= 11 is 0. The maximum Gasteiger partial charge on any atom is 0.329 e. The van der Waals surface area contributed by atoms with Crippen molar-refractivity contribution in [1.29, 1.82) is 0 Å².